The summed E-state index contributed by atoms with van der Waals surface area (Å²) in [5, 5.41) is 0.210. The molecule has 0 amide bonds. The lowest BCUT2D eigenvalue weighted by atomic mass is 10.2. The number of hydrogen-bond acceptors (Lipinski definition) is 7. The predicted molar refractivity (Wildman–Crippen MR) is 128 cm³/mol. The third-order valence-corrected chi connectivity index (χ3v) is 7.35. The fourth-order valence-corrected chi connectivity index (χ4v) is 5.28. The minimum atomic E-state index is -4.07. The predicted octanol–water partition coefficient (Wildman–Crippen LogP) is 5.24. The molecule has 34 heavy (non-hydrogen) atoms. The first-order valence-corrected chi connectivity index (χ1v) is 12.4. The highest BCUT2D eigenvalue weighted by Gasteiger charge is 2.32. The van der Waals surface area contributed by atoms with Crippen LogP contribution in [-0.4, -0.2) is 33.7 Å². The number of oxazole rings is 1. The molecule has 174 valence electrons. The standard InChI is InChI=1S/C25H21ClN2O5S/c1-28(16-17-7-3-2-4-8-17)25-24(27-23(33-25)19-9-5-6-10-20(19)26)34(29,30)18-11-12-21-22(15-18)32-14-13-31-21/h2-12,15H,13-14,16H2,1H3. The normalized spacial score (nSPS) is 13.0. The average molecular weight is 497 g/mol. The van der Waals surface area contributed by atoms with Crippen LogP contribution in [0.5, 0.6) is 11.5 Å². The van der Waals surface area contributed by atoms with Crippen molar-refractivity contribution >= 4 is 27.3 Å². The van der Waals surface area contributed by atoms with Gasteiger partial charge < -0.3 is 18.8 Å². The molecule has 0 saturated heterocycles. The van der Waals surface area contributed by atoms with Gasteiger partial charge in [-0.25, -0.2) is 8.42 Å². The third-order valence-electron chi connectivity index (χ3n) is 5.37. The first-order chi connectivity index (χ1) is 16.4. The zero-order valence-electron chi connectivity index (χ0n) is 18.3. The molecule has 7 nitrogen and oxygen atoms in total. The van der Waals surface area contributed by atoms with E-state index in [2.05, 4.69) is 4.98 Å². The Hall–Kier alpha value is -3.49. The quantitative estimate of drug-likeness (QED) is 0.361. The third kappa shape index (κ3) is 4.22. The van der Waals surface area contributed by atoms with Crippen molar-refractivity contribution in [3.8, 4) is 23.0 Å². The second-order valence-corrected chi connectivity index (χ2v) is 10.0. The van der Waals surface area contributed by atoms with Crippen LogP contribution in [-0.2, 0) is 16.4 Å². The summed E-state index contributed by atoms with van der Waals surface area (Å²) < 4.78 is 44.6. The number of aromatic nitrogens is 1. The molecule has 1 aromatic heterocycles. The van der Waals surface area contributed by atoms with E-state index in [1.54, 1.807) is 42.3 Å². The van der Waals surface area contributed by atoms with Crippen LogP contribution in [0.3, 0.4) is 0 Å². The molecule has 0 atom stereocenters. The number of halogens is 1. The minimum Gasteiger partial charge on any atom is -0.486 e. The van der Waals surface area contributed by atoms with E-state index in [9.17, 15) is 8.42 Å². The van der Waals surface area contributed by atoms with Gasteiger partial charge in [0.2, 0.25) is 26.6 Å². The molecule has 0 N–H and O–H groups in total. The molecule has 3 aromatic carbocycles. The van der Waals surface area contributed by atoms with Gasteiger partial charge in [0.05, 0.1) is 15.5 Å². The first kappa shape index (κ1) is 22.3. The monoisotopic (exact) mass is 496 g/mol. The van der Waals surface area contributed by atoms with Crippen LogP contribution >= 0.6 is 11.6 Å². The molecule has 5 rings (SSSR count). The fraction of sp³-hybridized carbons (Fsp3) is 0.160. The topological polar surface area (TPSA) is 81.9 Å². The van der Waals surface area contributed by atoms with Gasteiger partial charge in [-0.1, -0.05) is 54.1 Å². The highest BCUT2D eigenvalue weighted by Crippen LogP contribution is 2.39. The Morgan fingerprint density at radius 3 is 2.41 bits per heavy atom. The molecule has 0 spiro atoms. The summed E-state index contributed by atoms with van der Waals surface area (Å²) in [5.41, 5.74) is 1.49. The van der Waals surface area contributed by atoms with E-state index < -0.39 is 9.84 Å². The maximum absolute atomic E-state index is 13.7. The summed E-state index contributed by atoms with van der Waals surface area (Å²) in [6.07, 6.45) is 0. The molecule has 2 heterocycles. The zero-order chi connectivity index (χ0) is 23.7. The Kier molecular flexibility index (Phi) is 5.93. The second kappa shape index (κ2) is 9.04. The van der Waals surface area contributed by atoms with Crippen LogP contribution in [0.1, 0.15) is 5.56 Å². The SMILES string of the molecule is CN(Cc1ccccc1)c1oc(-c2ccccc2Cl)nc1S(=O)(=O)c1ccc2c(c1)OCCO2. The molecule has 1 aliphatic heterocycles. The van der Waals surface area contributed by atoms with Crippen molar-refractivity contribution in [2.45, 2.75) is 16.5 Å². The van der Waals surface area contributed by atoms with Gasteiger partial charge in [0.25, 0.3) is 0 Å². The summed E-state index contributed by atoms with van der Waals surface area (Å²) >= 11 is 6.35. The van der Waals surface area contributed by atoms with Crippen LogP contribution in [0.25, 0.3) is 11.5 Å². The van der Waals surface area contributed by atoms with Gasteiger partial charge in [-0.2, -0.15) is 4.98 Å². The van der Waals surface area contributed by atoms with Gasteiger partial charge in [0.15, 0.2) is 11.5 Å². The largest absolute Gasteiger partial charge is 0.486 e. The van der Waals surface area contributed by atoms with Gasteiger partial charge in [0.1, 0.15) is 13.2 Å². The number of nitrogens with zero attached hydrogens (tertiary/aromatic N) is 2. The van der Waals surface area contributed by atoms with Crippen molar-refractivity contribution in [3.63, 3.8) is 0 Å². The van der Waals surface area contributed by atoms with Gasteiger partial charge in [-0.05, 0) is 29.8 Å². The van der Waals surface area contributed by atoms with E-state index >= 15 is 0 Å². The van der Waals surface area contributed by atoms with Gasteiger partial charge in [0, 0.05) is 19.7 Å². The Balaban J connectivity index is 1.61. The van der Waals surface area contributed by atoms with Crippen molar-refractivity contribution in [1.82, 2.24) is 4.98 Å². The van der Waals surface area contributed by atoms with E-state index in [0.29, 0.717) is 41.8 Å². The molecule has 0 bridgehead atoms. The lowest BCUT2D eigenvalue weighted by Gasteiger charge is -2.19. The van der Waals surface area contributed by atoms with E-state index in [4.69, 9.17) is 25.5 Å². The summed E-state index contributed by atoms with van der Waals surface area (Å²) in [6, 6.07) is 21.2. The van der Waals surface area contributed by atoms with Crippen molar-refractivity contribution < 1.29 is 22.3 Å². The molecule has 0 aliphatic carbocycles. The molecular formula is C25H21ClN2O5S. The van der Waals surface area contributed by atoms with Crippen LogP contribution < -0.4 is 14.4 Å². The summed E-state index contributed by atoms with van der Waals surface area (Å²) in [5.74, 6) is 1.12. The van der Waals surface area contributed by atoms with Gasteiger partial charge >= 0.3 is 0 Å². The zero-order valence-corrected chi connectivity index (χ0v) is 19.8. The summed E-state index contributed by atoms with van der Waals surface area (Å²) in [7, 11) is -2.31. The molecule has 1 aliphatic rings. The van der Waals surface area contributed by atoms with Crippen molar-refractivity contribution in [1.29, 1.82) is 0 Å². The number of benzene rings is 3. The molecule has 4 aromatic rings. The second-order valence-electron chi connectivity index (χ2n) is 7.76. The van der Waals surface area contributed by atoms with Crippen molar-refractivity contribution in [2.24, 2.45) is 0 Å². The lowest BCUT2D eigenvalue weighted by molar-refractivity contribution is 0.171. The summed E-state index contributed by atoms with van der Waals surface area (Å²) in [6.45, 7) is 1.18. The number of fused-ring (bicyclic) bond motifs is 1. The van der Waals surface area contributed by atoms with Crippen LogP contribution in [0.2, 0.25) is 5.02 Å². The summed E-state index contributed by atoms with van der Waals surface area (Å²) in [4.78, 5) is 6.16. The van der Waals surface area contributed by atoms with Crippen LogP contribution in [0.15, 0.2) is 87.1 Å². The van der Waals surface area contributed by atoms with E-state index in [-0.39, 0.29) is 21.7 Å². The Labute approximate surface area is 202 Å². The minimum absolute atomic E-state index is 0.0325. The maximum atomic E-state index is 13.7. The lowest BCUT2D eigenvalue weighted by Crippen LogP contribution is -2.19. The Morgan fingerprint density at radius 2 is 1.65 bits per heavy atom. The van der Waals surface area contributed by atoms with Crippen molar-refractivity contribution in [3.05, 3.63) is 83.4 Å². The first-order valence-electron chi connectivity index (χ1n) is 10.6. The molecular weight excluding hydrogens is 476 g/mol. The Morgan fingerprint density at radius 1 is 0.941 bits per heavy atom. The number of ether oxygens (including phenoxy) is 2. The average Bonchev–Trinajstić information content (AvgIpc) is 3.31. The molecule has 9 heteroatoms. The number of rotatable bonds is 6. The molecule has 0 radical (unpaired) electrons. The smallest absolute Gasteiger partial charge is 0.236 e. The van der Waals surface area contributed by atoms with E-state index in [1.807, 2.05) is 30.3 Å². The van der Waals surface area contributed by atoms with Crippen molar-refractivity contribution in [2.75, 3.05) is 25.2 Å². The Bertz CT molecular complexity index is 1440. The number of sulfone groups is 1. The van der Waals surface area contributed by atoms with Gasteiger partial charge in [-0.3, -0.25) is 0 Å². The molecule has 0 saturated carbocycles. The highest BCUT2D eigenvalue weighted by atomic mass is 35.5. The highest BCUT2D eigenvalue weighted by molar-refractivity contribution is 7.91. The number of hydrogen-bond donors (Lipinski definition) is 0. The van der Waals surface area contributed by atoms with Crippen LogP contribution in [0, 0.1) is 0 Å². The fourth-order valence-electron chi connectivity index (χ4n) is 3.70. The van der Waals surface area contributed by atoms with Crippen LogP contribution in [0.4, 0.5) is 5.88 Å². The molecule has 0 unspecified atom stereocenters. The van der Waals surface area contributed by atoms with Gasteiger partial charge in [-0.15, -0.1) is 0 Å². The maximum Gasteiger partial charge on any atom is 0.236 e. The van der Waals surface area contributed by atoms with E-state index in [0.717, 1.165) is 5.56 Å². The van der Waals surface area contributed by atoms with E-state index in [1.165, 1.54) is 12.1 Å². The number of anilines is 1. The molecule has 0 fully saturated rings.